The monoisotopic (exact) mass is 478 g/mol. The van der Waals surface area contributed by atoms with E-state index >= 15 is 0 Å². The van der Waals surface area contributed by atoms with Crippen LogP contribution in [-0.4, -0.2) is 33.4 Å². The topological polar surface area (TPSA) is 102 Å². The standard InChI is InChI=1S/C18H17Cl3N2O5S/c1-10-5-11(2)18(15(21)6-10)23-16(24)9-28-17(25)8-22-29(26,27)12-3-4-13(19)14(20)7-12/h3-7,22H,8-9H2,1-2H3,(H,23,24). The lowest BCUT2D eigenvalue weighted by Gasteiger charge is -2.12. The molecule has 0 atom stereocenters. The molecule has 0 radical (unpaired) electrons. The zero-order chi connectivity index (χ0) is 21.8. The van der Waals surface area contributed by atoms with Gasteiger partial charge in [0.15, 0.2) is 6.61 Å². The highest BCUT2D eigenvalue weighted by molar-refractivity contribution is 7.89. The Balaban J connectivity index is 1.88. The predicted molar refractivity (Wildman–Crippen MR) is 112 cm³/mol. The van der Waals surface area contributed by atoms with Crippen LogP contribution in [0, 0.1) is 13.8 Å². The van der Waals surface area contributed by atoms with Crippen molar-refractivity contribution >= 4 is 62.4 Å². The van der Waals surface area contributed by atoms with Crippen LogP contribution in [0.25, 0.3) is 0 Å². The van der Waals surface area contributed by atoms with Crippen LogP contribution in [0.3, 0.4) is 0 Å². The van der Waals surface area contributed by atoms with E-state index in [4.69, 9.17) is 39.5 Å². The molecule has 0 aliphatic rings. The molecule has 0 spiro atoms. The fourth-order valence-corrected chi connectivity index (χ4v) is 4.05. The first-order valence-electron chi connectivity index (χ1n) is 8.16. The molecule has 0 unspecified atom stereocenters. The number of carbonyl (C=O) groups is 2. The fraction of sp³-hybridized carbons (Fsp3) is 0.222. The maximum absolute atomic E-state index is 12.2. The Morgan fingerprint density at radius 1 is 1.00 bits per heavy atom. The Hall–Kier alpha value is -1.84. The molecular weight excluding hydrogens is 463 g/mol. The number of hydrogen-bond acceptors (Lipinski definition) is 5. The van der Waals surface area contributed by atoms with Crippen LogP contribution in [0.15, 0.2) is 35.2 Å². The zero-order valence-electron chi connectivity index (χ0n) is 15.4. The number of nitrogens with one attached hydrogen (secondary N) is 2. The highest BCUT2D eigenvalue weighted by Gasteiger charge is 2.18. The smallest absolute Gasteiger partial charge is 0.321 e. The molecule has 2 N–H and O–H groups in total. The second-order valence-corrected chi connectivity index (χ2v) is 9.04. The van der Waals surface area contributed by atoms with E-state index in [2.05, 4.69) is 10.0 Å². The molecule has 0 saturated heterocycles. The minimum atomic E-state index is -4.01. The Bertz CT molecular complexity index is 1030. The maximum atomic E-state index is 12.2. The van der Waals surface area contributed by atoms with E-state index in [1.807, 2.05) is 13.0 Å². The summed E-state index contributed by atoms with van der Waals surface area (Å²) in [6.45, 7) is 2.38. The van der Waals surface area contributed by atoms with E-state index in [0.29, 0.717) is 10.7 Å². The Morgan fingerprint density at radius 2 is 1.69 bits per heavy atom. The van der Waals surface area contributed by atoms with Gasteiger partial charge in [0.05, 0.1) is 25.7 Å². The summed E-state index contributed by atoms with van der Waals surface area (Å²) >= 11 is 17.6. The lowest BCUT2D eigenvalue weighted by atomic mass is 10.1. The molecule has 0 heterocycles. The van der Waals surface area contributed by atoms with Crippen molar-refractivity contribution in [1.29, 1.82) is 0 Å². The molecule has 2 aromatic rings. The third-order valence-corrected chi connectivity index (χ3v) is 6.10. The average Bonchev–Trinajstić information content (AvgIpc) is 2.63. The second kappa shape index (κ2) is 9.77. The molecule has 0 fully saturated rings. The van der Waals surface area contributed by atoms with Gasteiger partial charge in [-0.1, -0.05) is 40.9 Å². The van der Waals surface area contributed by atoms with Crippen LogP contribution >= 0.6 is 34.8 Å². The molecule has 11 heteroatoms. The number of rotatable bonds is 7. The van der Waals surface area contributed by atoms with Gasteiger partial charge in [-0.3, -0.25) is 9.59 Å². The quantitative estimate of drug-likeness (QED) is 0.589. The number of sulfonamides is 1. The average molecular weight is 480 g/mol. The summed E-state index contributed by atoms with van der Waals surface area (Å²) in [5, 5.41) is 3.16. The SMILES string of the molecule is Cc1cc(C)c(NC(=O)COC(=O)CNS(=O)(=O)c2ccc(Cl)c(Cl)c2)c(Cl)c1. The van der Waals surface area contributed by atoms with Gasteiger partial charge < -0.3 is 10.1 Å². The second-order valence-electron chi connectivity index (χ2n) is 6.05. The first-order valence-corrected chi connectivity index (χ1v) is 10.8. The lowest BCUT2D eigenvalue weighted by molar-refractivity contribution is -0.146. The number of esters is 1. The molecule has 2 rings (SSSR count). The number of ether oxygens (including phenoxy) is 1. The van der Waals surface area contributed by atoms with Gasteiger partial charge in [-0.15, -0.1) is 0 Å². The van der Waals surface area contributed by atoms with Crippen LogP contribution in [0.5, 0.6) is 0 Å². The number of hydrogen-bond donors (Lipinski definition) is 2. The maximum Gasteiger partial charge on any atom is 0.321 e. The van der Waals surface area contributed by atoms with Crippen molar-refractivity contribution in [2.24, 2.45) is 0 Å². The molecule has 0 aliphatic heterocycles. The summed E-state index contributed by atoms with van der Waals surface area (Å²) < 4.78 is 31.2. The van der Waals surface area contributed by atoms with Gasteiger partial charge in [0.25, 0.3) is 5.91 Å². The Labute approximate surface area is 183 Å². The number of halogens is 3. The van der Waals surface area contributed by atoms with Crippen molar-refractivity contribution < 1.29 is 22.7 Å². The molecule has 0 aliphatic carbocycles. The highest BCUT2D eigenvalue weighted by atomic mass is 35.5. The molecule has 0 bridgehead atoms. The predicted octanol–water partition coefficient (Wildman–Crippen LogP) is 3.72. The van der Waals surface area contributed by atoms with Gasteiger partial charge in [-0.05, 0) is 49.2 Å². The van der Waals surface area contributed by atoms with E-state index < -0.39 is 35.1 Å². The summed E-state index contributed by atoms with van der Waals surface area (Å²) in [6.07, 6.45) is 0. The summed E-state index contributed by atoms with van der Waals surface area (Å²) in [5.41, 5.74) is 2.11. The normalized spacial score (nSPS) is 11.2. The van der Waals surface area contributed by atoms with Crippen LogP contribution in [0.2, 0.25) is 15.1 Å². The minimum absolute atomic E-state index is 0.0545. The largest absolute Gasteiger partial charge is 0.455 e. The van der Waals surface area contributed by atoms with Crippen molar-refractivity contribution in [1.82, 2.24) is 4.72 Å². The van der Waals surface area contributed by atoms with Crippen molar-refractivity contribution in [3.63, 3.8) is 0 Å². The summed E-state index contributed by atoms with van der Waals surface area (Å²) in [6, 6.07) is 7.24. The Morgan fingerprint density at radius 3 is 2.31 bits per heavy atom. The van der Waals surface area contributed by atoms with Crippen LogP contribution in [0.4, 0.5) is 5.69 Å². The third-order valence-electron chi connectivity index (χ3n) is 3.67. The van der Waals surface area contributed by atoms with Gasteiger partial charge in [-0.25, -0.2) is 8.42 Å². The molecule has 7 nitrogen and oxygen atoms in total. The van der Waals surface area contributed by atoms with Crippen molar-refractivity contribution in [2.75, 3.05) is 18.5 Å². The number of amides is 1. The molecule has 1 amide bonds. The first-order chi connectivity index (χ1) is 13.5. The van der Waals surface area contributed by atoms with Gasteiger partial charge in [0, 0.05) is 0 Å². The van der Waals surface area contributed by atoms with Gasteiger partial charge in [-0.2, -0.15) is 4.72 Å². The molecule has 156 valence electrons. The lowest BCUT2D eigenvalue weighted by Crippen LogP contribution is -2.32. The molecular formula is C18H17Cl3N2O5S. The van der Waals surface area contributed by atoms with E-state index in [-0.39, 0.29) is 14.9 Å². The highest BCUT2D eigenvalue weighted by Crippen LogP contribution is 2.27. The molecule has 0 aromatic heterocycles. The van der Waals surface area contributed by atoms with Gasteiger partial charge >= 0.3 is 5.97 Å². The number of carbonyl (C=O) groups excluding carboxylic acids is 2. The van der Waals surface area contributed by atoms with E-state index in [1.165, 1.54) is 12.1 Å². The number of anilines is 1. The third kappa shape index (κ3) is 6.58. The first kappa shape index (κ1) is 23.4. The van der Waals surface area contributed by atoms with Crippen LogP contribution < -0.4 is 10.0 Å². The molecule has 2 aromatic carbocycles. The molecule has 29 heavy (non-hydrogen) atoms. The van der Waals surface area contributed by atoms with Crippen LogP contribution in [0.1, 0.15) is 11.1 Å². The molecule has 0 saturated carbocycles. The summed E-state index contributed by atoms with van der Waals surface area (Å²) in [7, 11) is -4.01. The Kier molecular flexibility index (Phi) is 7.90. The van der Waals surface area contributed by atoms with Crippen molar-refractivity contribution in [3.05, 3.63) is 56.5 Å². The number of aryl methyl sites for hydroxylation is 2. The van der Waals surface area contributed by atoms with Gasteiger partial charge in [0.2, 0.25) is 10.0 Å². The van der Waals surface area contributed by atoms with Crippen LogP contribution in [-0.2, 0) is 24.3 Å². The van der Waals surface area contributed by atoms with Gasteiger partial charge in [0.1, 0.15) is 6.54 Å². The van der Waals surface area contributed by atoms with Crippen molar-refractivity contribution in [2.45, 2.75) is 18.7 Å². The summed E-state index contributed by atoms with van der Waals surface area (Å²) in [4.78, 5) is 23.6. The minimum Gasteiger partial charge on any atom is -0.455 e. The van der Waals surface area contributed by atoms with E-state index in [0.717, 1.165) is 17.2 Å². The summed E-state index contributed by atoms with van der Waals surface area (Å²) in [5.74, 6) is -1.55. The van der Waals surface area contributed by atoms with E-state index in [9.17, 15) is 18.0 Å². The number of benzene rings is 2. The zero-order valence-corrected chi connectivity index (χ0v) is 18.5. The van der Waals surface area contributed by atoms with Crippen molar-refractivity contribution in [3.8, 4) is 0 Å². The van der Waals surface area contributed by atoms with E-state index in [1.54, 1.807) is 13.0 Å². The fourth-order valence-electron chi connectivity index (χ4n) is 2.33.